The van der Waals surface area contributed by atoms with Gasteiger partial charge in [0.15, 0.2) is 0 Å². The Labute approximate surface area is 98.8 Å². The van der Waals surface area contributed by atoms with E-state index in [0.717, 1.165) is 21.2 Å². The third-order valence-electron chi connectivity index (χ3n) is 3.00. The number of rotatable bonds is 1. The molecule has 0 saturated heterocycles. The van der Waals surface area contributed by atoms with Crippen molar-refractivity contribution in [1.29, 1.82) is 0 Å². The highest BCUT2D eigenvalue weighted by atomic mass is 79.9. The predicted octanol–water partition coefficient (Wildman–Crippen LogP) is 3.47. The first-order valence-electron chi connectivity index (χ1n) is 4.76. The standard InChI is InChI=1S/C12H15BrO2/c1-6-7(2)9(4)11(13)10(8(6)3)12(14)15-5/h1-5H3. The molecule has 0 heterocycles. The van der Waals surface area contributed by atoms with Gasteiger partial charge in [0.05, 0.1) is 12.7 Å². The van der Waals surface area contributed by atoms with E-state index in [1.807, 2.05) is 20.8 Å². The van der Waals surface area contributed by atoms with Crippen molar-refractivity contribution in [3.8, 4) is 0 Å². The molecule has 0 aliphatic heterocycles. The molecule has 1 aromatic carbocycles. The fourth-order valence-electron chi connectivity index (χ4n) is 1.61. The second-order valence-corrected chi connectivity index (χ2v) is 4.47. The van der Waals surface area contributed by atoms with Crippen molar-refractivity contribution < 1.29 is 9.53 Å². The van der Waals surface area contributed by atoms with Crippen molar-refractivity contribution >= 4 is 21.9 Å². The van der Waals surface area contributed by atoms with Crippen molar-refractivity contribution in [2.24, 2.45) is 0 Å². The van der Waals surface area contributed by atoms with Gasteiger partial charge in [-0.05, 0) is 65.9 Å². The predicted molar refractivity (Wildman–Crippen MR) is 64.4 cm³/mol. The quantitative estimate of drug-likeness (QED) is 0.731. The van der Waals surface area contributed by atoms with Gasteiger partial charge in [-0.1, -0.05) is 0 Å². The number of carbonyl (C=O) groups is 1. The minimum atomic E-state index is -0.287. The van der Waals surface area contributed by atoms with Crippen LogP contribution in [0.3, 0.4) is 0 Å². The van der Waals surface area contributed by atoms with Crippen LogP contribution in [0.2, 0.25) is 0 Å². The first kappa shape index (κ1) is 12.2. The molecule has 3 heteroatoms. The minimum absolute atomic E-state index is 0.287. The van der Waals surface area contributed by atoms with E-state index in [0.29, 0.717) is 5.56 Å². The Bertz CT molecular complexity index is 393. The molecule has 15 heavy (non-hydrogen) atoms. The van der Waals surface area contributed by atoms with E-state index in [4.69, 9.17) is 4.74 Å². The zero-order valence-corrected chi connectivity index (χ0v) is 11.3. The van der Waals surface area contributed by atoms with Crippen molar-refractivity contribution in [2.45, 2.75) is 27.7 Å². The SMILES string of the molecule is COC(=O)c1c(C)c(C)c(C)c(C)c1Br. The molecular formula is C12H15BrO2. The molecule has 0 spiro atoms. The van der Waals surface area contributed by atoms with Gasteiger partial charge in [-0.2, -0.15) is 0 Å². The van der Waals surface area contributed by atoms with Crippen LogP contribution in [-0.2, 0) is 4.74 Å². The Hall–Kier alpha value is -0.830. The van der Waals surface area contributed by atoms with E-state index in [-0.39, 0.29) is 5.97 Å². The maximum absolute atomic E-state index is 11.6. The van der Waals surface area contributed by atoms with Gasteiger partial charge >= 0.3 is 5.97 Å². The van der Waals surface area contributed by atoms with Crippen LogP contribution in [0, 0.1) is 27.7 Å². The largest absolute Gasteiger partial charge is 0.465 e. The van der Waals surface area contributed by atoms with Crippen LogP contribution in [0.5, 0.6) is 0 Å². The Morgan fingerprint density at radius 3 is 1.93 bits per heavy atom. The van der Waals surface area contributed by atoms with Gasteiger partial charge in [0.2, 0.25) is 0 Å². The molecule has 1 aromatic rings. The molecule has 0 radical (unpaired) electrons. The van der Waals surface area contributed by atoms with Crippen molar-refractivity contribution in [2.75, 3.05) is 7.11 Å². The van der Waals surface area contributed by atoms with Crippen LogP contribution in [0.25, 0.3) is 0 Å². The van der Waals surface area contributed by atoms with E-state index in [2.05, 4.69) is 22.9 Å². The topological polar surface area (TPSA) is 26.3 Å². The Morgan fingerprint density at radius 1 is 1.00 bits per heavy atom. The lowest BCUT2D eigenvalue weighted by Gasteiger charge is -2.15. The molecule has 1 rings (SSSR count). The number of carbonyl (C=O) groups excluding carboxylic acids is 1. The first-order valence-corrected chi connectivity index (χ1v) is 5.55. The fourth-order valence-corrected chi connectivity index (χ4v) is 2.37. The average molecular weight is 271 g/mol. The van der Waals surface area contributed by atoms with Crippen LogP contribution >= 0.6 is 15.9 Å². The normalized spacial score (nSPS) is 10.3. The third-order valence-corrected chi connectivity index (χ3v) is 3.99. The molecule has 0 atom stereocenters. The van der Waals surface area contributed by atoms with Crippen molar-refractivity contribution in [3.05, 3.63) is 32.3 Å². The molecule has 0 saturated carbocycles. The lowest BCUT2D eigenvalue weighted by Crippen LogP contribution is -2.09. The summed E-state index contributed by atoms with van der Waals surface area (Å²) in [6.07, 6.45) is 0. The lowest BCUT2D eigenvalue weighted by molar-refractivity contribution is 0.0598. The Kier molecular flexibility index (Phi) is 3.55. The molecular weight excluding hydrogens is 256 g/mol. The van der Waals surface area contributed by atoms with E-state index in [1.54, 1.807) is 0 Å². The summed E-state index contributed by atoms with van der Waals surface area (Å²) >= 11 is 3.46. The number of halogens is 1. The van der Waals surface area contributed by atoms with E-state index >= 15 is 0 Å². The summed E-state index contributed by atoms with van der Waals surface area (Å²) in [6.45, 7) is 8.02. The Morgan fingerprint density at radius 2 is 1.47 bits per heavy atom. The van der Waals surface area contributed by atoms with Crippen LogP contribution in [0.1, 0.15) is 32.6 Å². The molecule has 2 nitrogen and oxygen atoms in total. The summed E-state index contributed by atoms with van der Waals surface area (Å²) in [4.78, 5) is 11.6. The highest BCUT2D eigenvalue weighted by Gasteiger charge is 2.19. The van der Waals surface area contributed by atoms with E-state index in [9.17, 15) is 4.79 Å². The van der Waals surface area contributed by atoms with Gasteiger partial charge < -0.3 is 4.74 Å². The summed E-state index contributed by atoms with van der Waals surface area (Å²) in [5, 5.41) is 0. The zero-order chi connectivity index (χ0) is 11.7. The highest BCUT2D eigenvalue weighted by Crippen LogP contribution is 2.31. The number of hydrogen-bond donors (Lipinski definition) is 0. The molecule has 0 bridgehead atoms. The number of ether oxygens (including phenoxy) is 1. The summed E-state index contributed by atoms with van der Waals surface area (Å²) in [5.74, 6) is -0.287. The van der Waals surface area contributed by atoms with E-state index < -0.39 is 0 Å². The monoisotopic (exact) mass is 270 g/mol. The molecule has 0 aliphatic rings. The second-order valence-electron chi connectivity index (χ2n) is 3.68. The second kappa shape index (κ2) is 4.35. The number of methoxy groups -OCH3 is 1. The third kappa shape index (κ3) is 1.93. The van der Waals surface area contributed by atoms with Crippen LogP contribution < -0.4 is 0 Å². The summed E-state index contributed by atoms with van der Waals surface area (Å²) < 4.78 is 5.62. The lowest BCUT2D eigenvalue weighted by atomic mass is 9.94. The maximum Gasteiger partial charge on any atom is 0.339 e. The van der Waals surface area contributed by atoms with Gasteiger partial charge in [0.25, 0.3) is 0 Å². The molecule has 0 aromatic heterocycles. The molecule has 0 unspecified atom stereocenters. The van der Waals surface area contributed by atoms with Crippen LogP contribution in [0.4, 0.5) is 0 Å². The van der Waals surface area contributed by atoms with Gasteiger partial charge in [0, 0.05) is 4.47 Å². The fraction of sp³-hybridized carbons (Fsp3) is 0.417. The van der Waals surface area contributed by atoms with Gasteiger partial charge in [-0.15, -0.1) is 0 Å². The van der Waals surface area contributed by atoms with Crippen molar-refractivity contribution in [3.63, 3.8) is 0 Å². The van der Waals surface area contributed by atoms with Gasteiger partial charge in [-0.25, -0.2) is 4.79 Å². The maximum atomic E-state index is 11.6. The van der Waals surface area contributed by atoms with Gasteiger partial charge in [-0.3, -0.25) is 0 Å². The minimum Gasteiger partial charge on any atom is -0.465 e. The molecule has 0 N–H and O–H groups in total. The average Bonchev–Trinajstić information content (AvgIpc) is 2.23. The number of benzene rings is 1. The molecule has 82 valence electrons. The smallest absolute Gasteiger partial charge is 0.339 e. The molecule has 0 amide bonds. The number of hydrogen-bond acceptors (Lipinski definition) is 2. The summed E-state index contributed by atoms with van der Waals surface area (Å²) in [6, 6.07) is 0. The molecule has 0 fully saturated rings. The van der Waals surface area contributed by atoms with Crippen LogP contribution in [-0.4, -0.2) is 13.1 Å². The molecule has 0 aliphatic carbocycles. The summed E-state index contributed by atoms with van der Waals surface area (Å²) in [7, 11) is 1.40. The van der Waals surface area contributed by atoms with Crippen molar-refractivity contribution in [1.82, 2.24) is 0 Å². The summed E-state index contributed by atoms with van der Waals surface area (Å²) in [5.41, 5.74) is 5.08. The Balaban J connectivity index is 3.60. The zero-order valence-electron chi connectivity index (χ0n) is 9.69. The van der Waals surface area contributed by atoms with Crippen LogP contribution in [0.15, 0.2) is 4.47 Å². The van der Waals surface area contributed by atoms with E-state index in [1.165, 1.54) is 12.7 Å². The van der Waals surface area contributed by atoms with Gasteiger partial charge in [0.1, 0.15) is 0 Å². The number of esters is 1. The first-order chi connectivity index (χ1) is 6.91. The highest BCUT2D eigenvalue weighted by molar-refractivity contribution is 9.10.